The molecule has 60 valence electrons. The Balaban J connectivity index is 2.68. The van der Waals surface area contributed by atoms with Crippen LogP contribution in [0, 0.1) is 11.3 Å². The zero-order chi connectivity index (χ0) is 8.27. The van der Waals surface area contributed by atoms with Crippen LogP contribution in [0.15, 0.2) is 11.3 Å². The molecule has 1 atom stereocenters. The molecule has 1 aliphatic rings. The van der Waals surface area contributed by atoms with Crippen LogP contribution in [0.5, 0.6) is 0 Å². The largest absolute Gasteiger partial charge is 0.387 e. The molecule has 0 bridgehead atoms. The van der Waals surface area contributed by atoms with Crippen molar-refractivity contribution in [1.29, 1.82) is 5.26 Å². The summed E-state index contributed by atoms with van der Waals surface area (Å²) in [6.45, 7) is 5.12. The van der Waals surface area contributed by atoms with Crippen LogP contribution >= 0.6 is 11.8 Å². The Morgan fingerprint density at radius 1 is 1.73 bits per heavy atom. The lowest BCUT2D eigenvalue weighted by Crippen LogP contribution is -2.19. The van der Waals surface area contributed by atoms with Gasteiger partial charge in [0, 0.05) is 23.2 Å². The Kier molecular flexibility index (Phi) is 2.84. The van der Waals surface area contributed by atoms with Crippen molar-refractivity contribution in [2.45, 2.75) is 19.1 Å². The summed E-state index contributed by atoms with van der Waals surface area (Å²) >= 11 is 1.83. The summed E-state index contributed by atoms with van der Waals surface area (Å²) in [7, 11) is 0. The smallest absolute Gasteiger partial charge is 0.0974 e. The second kappa shape index (κ2) is 3.68. The van der Waals surface area contributed by atoms with Gasteiger partial charge in [0.25, 0.3) is 0 Å². The van der Waals surface area contributed by atoms with Gasteiger partial charge in [-0.1, -0.05) is 6.92 Å². The van der Waals surface area contributed by atoms with E-state index in [1.54, 1.807) is 0 Å². The molecule has 0 aliphatic carbocycles. The van der Waals surface area contributed by atoms with Gasteiger partial charge in [-0.3, -0.25) is 0 Å². The quantitative estimate of drug-likeness (QED) is 0.595. The Morgan fingerprint density at radius 2 is 2.45 bits per heavy atom. The van der Waals surface area contributed by atoms with Gasteiger partial charge in [-0.2, -0.15) is 17.0 Å². The number of allylic oxidation sites excluding steroid dienone is 1. The molecule has 1 N–H and O–H groups in total. The molecule has 0 saturated heterocycles. The highest BCUT2D eigenvalue weighted by Crippen LogP contribution is 2.18. The third-order valence-electron chi connectivity index (χ3n) is 1.75. The van der Waals surface area contributed by atoms with Crippen molar-refractivity contribution in [3.05, 3.63) is 11.3 Å². The molecule has 3 heteroatoms. The monoisotopic (exact) mass is 168 g/mol. The summed E-state index contributed by atoms with van der Waals surface area (Å²) in [5.74, 6) is 0.858. The Hall–Kier alpha value is -0.620. The molecular formula is C8H12N2S. The summed E-state index contributed by atoms with van der Waals surface area (Å²) in [5, 5.41) is 12.6. The molecule has 0 aromatic rings. The van der Waals surface area contributed by atoms with Crippen LogP contribution in [-0.2, 0) is 0 Å². The molecule has 0 saturated carbocycles. The van der Waals surface area contributed by atoms with Gasteiger partial charge in [-0.15, -0.1) is 0 Å². The first-order chi connectivity index (χ1) is 5.24. The highest BCUT2D eigenvalue weighted by atomic mass is 32.2. The summed E-state index contributed by atoms with van der Waals surface area (Å²) in [6.07, 6.45) is 0. The highest BCUT2D eigenvalue weighted by molar-refractivity contribution is 8.00. The van der Waals surface area contributed by atoms with Crippen LogP contribution in [0.3, 0.4) is 0 Å². The average Bonchev–Trinajstić information content (AvgIpc) is 2.15. The van der Waals surface area contributed by atoms with E-state index >= 15 is 0 Å². The van der Waals surface area contributed by atoms with Gasteiger partial charge in [0.1, 0.15) is 0 Å². The minimum absolute atomic E-state index is 0.607. The van der Waals surface area contributed by atoms with Crippen molar-refractivity contribution < 1.29 is 0 Å². The molecule has 1 rings (SSSR count). The van der Waals surface area contributed by atoms with Crippen LogP contribution in [-0.4, -0.2) is 17.5 Å². The molecule has 0 amide bonds. The number of nitrogens with zero attached hydrogens (tertiary/aromatic N) is 1. The van der Waals surface area contributed by atoms with Gasteiger partial charge in [0.05, 0.1) is 11.6 Å². The van der Waals surface area contributed by atoms with E-state index in [1.165, 1.54) is 0 Å². The summed E-state index contributed by atoms with van der Waals surface area (Å²) in [4.78, 5) is 0. The first-order valence-corrected chi connectivity index (χ1v) is 4.74. The van der Waals surface area contributed by atoms with Crippen LogP contribution in [0.1, 0.15) is 13.8 Å². The molecule has 0 radical (unpaired) electrons. The first kappa shape index (κ1) is 8.48. The standard InChI is InChI=1S/C8H12N2S/c1-6-4-10-7(2)8(3-9)5-11-6/h6,10H,4-5H2,1-2H3. The molecule has 1 unspecified atom stereocenters. The summed E-state index contributed by atoms with van der Waals surface area (Å²) < 4.78 is 0. The van der Waals surface area contributed by atoms with E-state index in [1.807, 2.05) is 18.7 Å². The third-order valence-corrected chi connectivity index (χ3v) is 2.95. The van der Waals surface area contributed by atoms with Gasteiger partial charge >= 0.3 is 0 Å². The lowest BCUT2D eigenvalue weighted by Gasteiger charge is -2.06. The van der Waals surface area contributed by atoms with E-state index < -0.39 is 0 Å². The van der Waals surface area contributed by atoms with E-state index in [0.29, 0.717) is 5.25 Å². The van der Waals surface area contributed by atoms with E-state index in [9.17, 15) is 0 Å². The van der Waals surface area contributed by atoms with E-state index in [2.05, 4.69) is 18.3 Å². The first-order valence-electron chi connectivity index (χ1n) is 3.69. The Bertz CT molecular complexity index is 215. The minimum Gasteiger partial charge on any atom is -0.387 e. The number of nitriles is 1. The fraction of sp³-hybridized carbons (Fsp3) is 0.625. The normalized spacial score (nSPS) is 25.4. The molecule has 0 fully saturated rings. The number of rotatable bonds is 0. The third kappa shape index (κ3) is 2.16. The second-order valence-corrected chi connectivity index (χ2v) is 4.14. The predicted molar refractivity (Wildman–Crippen MR) is 48.2 cm³/mol. The molecule has 0 aromatic heterocycles. The molecule has 2 nitrogen and oxygen atoms in total. The van der Waals surface area contributed by atoms with Gasteiger partial charge in [0.2, 0.25) is 0 Å². The molecule has 0 spiro atoms. The van der Waals surface area contributed by atoms with Crippen molar-refractivity contribution >= 4 is 11.8 Å². The zero-order valence-electron chi connectivity index (χ0n) is 6.85. The SMILES string of the molecule is CC1=C(C#N)CSC(C)CN1. The van der Waals surface area contributed by atoms with Gasteiger partial charge in [0.15, 0.2) is 0 Å². The van der Waals surface area contributed by atoms with Gasteiger partial charge in [-0.25, -0.2) is 0 Å². The topological polar surface area (TPSA) is 35.8 Å². The number of hydrogen-bond donors (Lipinski definition) is 1. The fourth-order valence-electron chi connectivity index (χ4n) is 0.912. The fourth-order valence-corrected chi connectivity index (χ4v) is 1.85. The predicted octanol–water partition coefficient (Wildman–Crippen LogP) is 1.51. The second-order valence-electron chi connectivity index (χ2n) is 2.72. The molecule has 11 heavy (non-hydrogen) atoms. The van der Waals surface area contributed by atoms with E-state index in [4.69, 9.17) is 5.26 Å². The number of nitrogens with one attached hydrogen (secondary N) is 1. The summed E-state index contributed by atoms with van der Waals surface area (Å²) in [6, 6.07) is 2.21. The molecule has 0 aromatic carbocycles. The van der Waals surface area contributed by atoms with Crippen LogP contribution in [0.4, 0.5) is 0 Å². The van der Waals surface area contributed by atoms with Gasteiger partial charge < -0.3 is 5.32 Å². The Morgan fingerprint density at radius 3 is 3.09 bits per heavy atom. The van der Waals surface area contributed by atoms with E-state index in [-0.39, 0.29) is 0 Å². The zero-order valence-corrected chi connectivity index (χ0v) is 7.66. The van der Waals surface area contributed by atoms with Crippen molar-refractivity contribution in [3.63, 3.8) is 0 Å². The maximum atomic E-state index is 8.71. The molecule has 1 aliphatic heterocycles. The van der Waals surface area contributed by atoms with Crippen LogP contribution in [0.2, 0.25) is 0 Å². The summed E-state index contributed by atoms with van der Waals surface area (Å²) in [5.41, 5.74) is 1.93. The van der Waals surface area contributed by atoms with Crippen LogP contribution in [0.25, 0.3) is 0 Å². The Labute approximate surface area is 71.7 Å². The van der Waals surface area contributed by atoms with Crippen molar-refractivity contribution in [1.82, 2.24) is 5.32 Å². The maximum absolute atomic E-state index is 8.71. The van der Waals surface area contributed by atoms with Crippen LogP contribution < -0.4 is 5.32 Å². The highest BCUT2D eigenvalue weighted by Gasteiger charge is 2.11. The number of thioether (sulfide) groups is 1. The lowest BCUT2D eigenvalue weighted by atomic mass is 10.2. The van der Waals surface area contributed by atoms with Gasteiger partial charge in [-0.05, 0) is 6.92 Å². The van der Waals surface area contributed by atoms with E-state index in [0.717, 1.165) is 23.6 Å². The number of hydrogen-bond acceptors (Lipinski definition) is 3. The van der Waals surface area contributed by atoms with Crippen molar-refractivity contribution in [2.24, 2.45) is 0 Å². The lowest BCUT2D eigenvalue weighted by molar-refractivity contribution is 0.785. The minimum atomic E-state index is 0.607. The average molecular weight is 168 g/mol. The molecular weight excluding hydrogens is 156 g/mol. The van der Waals surface area contributed by atoms with Crippen molar-refractivity contribution in [2.75, 3.05) is 12.3 Å². The molecule has 1 heterocycles. The van der Waals surface area contributed by atoms with Crippen molar-refractivity contribution in [3.8, 4) is 6.07 Å². The maximum Gasteiger partial charge on any atom is 0.0974 e.